The second kappa shape index (κ2) is 10.9. The van der Waals surface area contributed by atoms with Gasteiger partial charge in [0.25, 0.3) is 0 Å². The summed E-state index contributed by atoms with van der Waals surface area (Å²) in [6.45, 7) is 7.41. The molecule has 5 heteroatoms. The van der Waals surface area contributed by atoms with Gasteiger partial charge in [-0.2, -0.15) is 0 Å². The van der Waals surface area contributed by atoms with Gasteiger partial charge < -0.3 is 15.3 Å². The fraction of sp³-hybridized carbons (Fsp3) is 0.649. The third kappa shape index (κ3) is 4.16. The number of carbonyl (C=O) groups excluding carboxylic acids is 2. The Morgan fingerprint density at radius 1 is 1.00 bits per heavy atom. The van der Waals surface area contributed by atoms with E-state index in [2.05, 4.69) is 26.8 Å². The van der Waals surface area contributed by atoms with Gasteiger partial charge in [0.1, 0.15) is 11.8 Å². The number of hydrogen-bond donors (Lipinski definition) is 1. The predicted molar refractivity (Wildman–Crippen MR) is 168 cm³/mol. The molecule has 1 aromatic rings. The van der Waals surface area contributed by atoms with Crippen molar-refractivity contribution in [1.82, 2.24) is 0 Å². The highest BCUT2D eigenvalue weighted by Gasteiger charge is 2.65. The normalized spacial score (nSPS) is 42.8. The van der Waals surface area contributed by atoms with Crippen LogP contribution in [0.3, 0.4) is 0 Å². The second-order valence-electron chi connectivity index (χ2n) is 14.9. The van der Waals surface area contributed by atoms with Crippen LogP contribution in [0.25, 0.3) is 0 Å². The first-order chi connectivity index (χ1) is 20.2. The number of rotatable bonds is 6. The first-order valence-corrected chi connectivity index (χ1v) is 16.4. The summed E-state index contributed by atoms with van der Waals surface area (Å²) >= 11 is 0. The lowest BCUT2D eigenvalue weighted by Crippen LogP contribution is -2.66. The van der Waals surface area contributed by atoms with Crippen molar-refractivity contribution >= 4 is 18.5 Å². The van der Waals surface area contributed by atoms with Crippen LogP contribution in [0.5, 0.6) is 0 Å². The molecule has 11 atom stereocenters. The molecule has 5 nitrogen and oxygen atoms in total. The number of esters is 1. The number of benzene rings is 1. The highest BCUT2D eigenvalue weighted by atomic mass is 16.5. The summed E-state index contributed by atoms with van der Waals surface area (Å²) in [4.78, 5) is 30.7. The van der Waals surface area contributed by atoms with Gasteiger partial charge in [0.05, 0.1) is 7.11 Å². The molecule has 0 spiro atoms. The summed E-state index contributed by atoms with van der Waals surface area (Å²) in [5, 5.41) is 0. The van der Waals surface area contributed by atoms with Crippen LogP contribution < -0.4 is 5.73 Å². The Balaban J connectivity index is 1.36. The molecular weight excluding hydrogens is 520 g/mol. The highest BCUT2D eigenvalue weighted by Crippen LogP contribution is 2.69. The maximum atomic E-state index is 13.8. The van der Waals surface area contributed by atoms with Crippen LogP contribution >= 0.6 is 0 Å². The van der Waals surface area contributed by atoms with Gasteiger partial charge in [0, 0.05) is 12.1 Å². The second-order valence-corrected chi connectivity index (χ2v) is 14.9. The summed E-state index contributed by atoms with van der Waals surface area (Å²) in [7, 11) is 1.43. The van der Waals surface area contributed by atoms with Gasteiger partial charge in [-0.15, -0.1) is 0 Å². The summed E-state index contributed by atoms with van der Waals surface area (Å²) < 4.78 is 5.47. The average molecular weight is 571 g/mol. The molecule has 42 heavy (non-hydrogen) atoms. The number of methoxy groups -OCH3 is 1. The van der Waals surface area contributed by atoms with E-state index in [0.717, 1.165) is 36.7 Å². The van der Waals surface area contributed by atoms with Crippen LogP contribution in [0.2, 0.25) is 0 Å². The van der Waals surface area contributed by atoms with Crippen LogP contribution in [0.4, 0.5) is 0 Å². The quantitative estimate of drug-likeness (QED) is 0.293. The molecule has 4 saturated carbocycles. The van der Waals surface area contributed by atoms with Crippen molar-refractivity contribution in [3.63, 3.8) is 0 Å². The summed E-state index contributed by atoms with van der Waals surface area (Å²) in [5.41, 5.74) is 6.13. The molecule has 4 fully saturated rings. The first-order valence-electron chi connectivity index (χ1n) is 16.4. The number of aliphatic imine (C=N–C) groups is 1. The number of allylic oxidation sites excluding steroid dienone is 3. The Bertz CT molecular complexity index is 1250. The summed E-state index contributed by atoms with van der Waals surface area (Å²) in [5.74, 6) is 3.03. The minimum atomic E-state index is -1.48. The zero-order chi connectivity index (χ0) is 29.8. The molecule has 0 aromatic heterocycles. The van der Waals surface area contributed by atoms with E-state index in [9.17, 15) is 9.59 Å². The smallest absolute Gasteiger partial charge is 0.333 e. The van der Waals surface area contributed by atoms with E-state index < -0.39 is 17.0 Å². The molecule has 2 N–H and O–H groups in total. The van der Waals surface area contributed by atoms with E-state index >= 15 is 0 Å². The molecule has 226 valence electrons. The lowest BCUT2D eigenvalue weighted by Gasteiger charge is -2.61. The van der Waals surface area contributed by atoms with Crippen LogP contribution in [-0.2, 0) is 19.9 Å². The standard InChI is InChI=1S/C37H50N2O3/c1-25(36(19-9-6-10-22-39-36)37(38,33(41)42-4)27-11-7-5-8-12-27)30-15-16-31-29-14-13-28-23-26(24-40)17-20-34(28,2)32(29)18-21-35(30,31)3/h5-12,19,22,24-26,28-32H,13-18,20-21,23,38H2,1-4H3/t25?,26?,28?,29-,30+,31-,32-,34-,35+,36?,37?/m0/s1. The van der Waals surface area contributed by atoms with E-state index in [1.54, 1.807) is 0 Å². The minimum Gasteiger partial charge on any atom is -0.467 e. The molecule has 6 rings (SSSR count). The van der Waals surface area contributed by atoms with Gasteiger partial charge in [-0.3, -0.25) is 4.99 Å². The lowest BCUT2D eigenvalue weighted by atomic mass is 9.43. The Hall–Kier alpha value is -2.53. The van der Waals surface area contributed by atoms with Crippen molar-refractivity contribution in [3.05, 3.63) is 60.2 Å². The number of carbonyl (C=O) groups is 2. The zero-order valence-electron chi connectivity index (χ0n) is 26.0. The zero-order valence-corrected chi connectivity index (χ0v) is 26.0. The highest BCUT2D eigenvalue weighted by molar-refractivity contribution is 5.86. The van der Waals surface area contributed by atoms with Crippen LogP contribution in [-0.4, -0.2) is 31.1 Å². The van der Waals surface area contributed by atoms with Crippen molar-refractivity contribution in [2.75, 3.05) is 7.11 Å². The van der Waals surface area contributed by atoms with Crippen molar-refractivity contribution in [2.24, 2.45) is 63.0 Å². The Morgan fingerprint density at radius 2 is 1.74 bits per heavy atom. The van der Waals surface area contributed by atoms with E-state index in [4.69, 9.17) is 15.5 Å². The fourth-order valence-corrected chi connectivity index (χ4v) is 11.3. The minimum absolute atomic E-state index is 0.00992. The molecule has 1 aromatic carbocycles. The van der Waals surface area contributed by atoms with Gasteiger partial charge in [-0.25, -0.2) is 4.79 Å². The van der Waals surface area contributed by atoms with E-state index in [0.29, 0.717) is 23.2 Å². The Morgan fingerprint density at radius 3 is 2.48 bits per heavy atom. The maximum absolute atomic E-state index is 13.8. The number of ether oxygens (including phenoxy) is 1. The van der Waals surface area contributed by atoms with Crippen molar-refractivity contribution in [1.29, 1.82) is 0 Å². The topological polar surface area (TPSA) is 81.8 Å². The number of fused-ring (bicyclic) bond motifs is 5. The van der Waals surface area contributed by atoms with Crippen molar-refractivity contribution in [2.45, 2.75) is 89.6 Å². The molecule has 0 saturated heterocycles. The maximum Gasteiger partial charge on any atom is 0.333 e. The third-order valence-corrected chi connectivity index (χ3v) is 13.6. The first kappa shape index (κ1) is 29.5. The number of hydrogen-bond acceptors (Lipinski definition) is 5. The van der Waals surface area contributed by atoms with Crippen LogP contribution in [0.1, 0.15) is 84.1 Å². The Labute approximate surface area is 252 Å². The number of nitrogens with two attached hydrogens (primary N) is 1. The number of nitrogens with zero attached hydrogens (tertiary/aromatic N) is 1. The van der Waals surface area contributed by atoms with E-state index in [1.807, 2.05) is 54.8 Å². The van der Waals surface area contributed by atoms with Gasteiger partial charge in [-0.1, -0.05) is 69.3 Å². The van der Waals surface area contributed by atoms with E-state index in [-0.39, 0.29) is 17.3 Å². The van der Waals surface area contributed by atoms with Gasteiger partial charge in [0.15, 0.2) is 5.54 Å². The largest absolute Gasteiger partial charge is 0.467 e. The molecule has 1 aliphatic heterocycles. The van der Waals surface area contributed by atoms with Crippen LogP contribution in [0, 0.1) is 52.3 Å². The number of aldehydes is 1. The monoisotopic (exact) mass is 570 g/mol. The molecule has 5 aliphatic rings. The third-order valence-electron chi connectivity index (χ3n) is 13.6. The molecule has 0 radical (unpaired) electrons. The predicted octanol–water partition coefficient (Wildman–Crippen LogP) is 7.06. The summed E-state index contributed by atoms with van der Waals surface area (Å²) in [6, 6.07) is 9.71. The van der Waals surface area contributed by atoms with Gasteiger partial charge in [-0.05, 0) is 116 Å². The molecule has 4 aliphatic carbocycles. The lowest BCUT2D eigenvalue weighted by molar-refractivity contribution is -0.152. The fourth-order valence-electron chi connectivity index (χ4n) is 11.3. The molecule has 0 amide bonds. The Kier molecular flexibility index (Phi) is 7.65. The summed E-state index contributed by atoms with van der Waals surface area (Å²) in [6.07, 6.45) is 21.8. The van der Waals surface area contributed by atoms with Gasteiger partial charge in [0.2, 0.25) is 0 Å². The van der Waals surface area contributed by atoms with E-state index in [1.165, 1.54) is 51.9 Å². The molecule has 5 unspecified atom stereocenters. The molecule has 1 heterocycles. The molecule has 0 bridgehead atoms. The van der Waals surface area contributed by atoms with Gasteiger partial charge >= 0.3 is 5.97 Å². The van der Waals surface area contributed by atoms with Crippen LogP contribution in [0.15, 0.2) is 59.6 Å². The van der Waals surface area contributed by atoms with Crippen molar-refractivity contribution in [3.8, 4) is 0 Å². The SMILES string of the molecule is COC(=O)C(N)(c1ccccc1)C1(C(C)[C@H]2CC[C@H]3[C@@H]4CCC5CC(C=O)CC[C@]5(C)[C@H]4CC[C@]23C)C=CC=CC=N1. The molecular formula is C37H50N2O3. The average Bonchev–Trinajstić information content (AvgIpc) is 3.18. The van der Waals surface area contributed by atoms with Crippen molar-refractivity contribution < 1.29 is 14.3 Å².